The van der Waals surface area contributed by atoms with Crippen molar-refractivity contribution in [1.82, 2.24) is 14.9 Å². The summed E-state index contributed by atoms with van der Waals surface area (Å²) in [5, 5.41) is 16.0. The fourth-order valence-corrected chi connectivity index (χ4v) is 5.24. The normalized spacial score (nSPS) is 25.2. The molecule has 2 aromatic rings. The van der Waals surface area contributed by atoms with Crippen molar-refractivity contribution in [2.45, 2.75) is 48.1 Å². The predicted octanol–water partition coefficient (Wildman–Crippen LogP) is 2.61. The molecule has 2 N–H and O–H groups in total. The van der Waals surface area contributed by atoms with E-state index in [4.69, 9.17) is 0 Å². The maximum atomic E-state index is 12.6. The molecule has 0 spiro atoms. The minimum atomic E-state index is -3.51. The van der Waals surface area contributed by atoms with Crippen LogP contribution in [0.15, 0.2) is 53.4 Å². The first-order valence-corrected chi connectivity index (χ1v) is 12.3. The van der Waals surface area contributed by atoms with Crippen molar-refractivity contribution in [3.05, 3.63) is 54.1 Å². The van der Waals surface area contributed by atoms with Crippen LogP contribution in [0.2, 0.25) is 0 Å². The highest BCUT2D eigenvalue weighted by molar-refractivity contribution is 7.89. The Morgan fingerprint density at radius 3 is 2.53 bits per heavy atom. The smallest absolute Gasteiger partial charge is 0.242 e. The molecule has 1 unspecified atom stereocenters. The summed E-state index contributed by atoms with van der Waals surface area (Å²) in [5.74, 6) is -0.140. The van der Waals surface area contributed by atoms with Crippen molar-refractivity contribution < 1.29 is 13.2 Å². The van der Waals surface area contributed by atoms with Gasteiger partial charge in [-0.1, -0.05) is 42.8 Å². The molecule has 1 heterocycles. The van der Waals surface area contributed by atoms with E-state index in [0.29, 0.717) is 6.42 Å². The van der Waals surface area contributed by atoms with Gasteiger partial charge in [0, 0.05) is 20.0 Å². The topological polar surface area (TPSA) is 102 Å². The maximum Gasteiger partial charge on any atom is 0.242 e. The fourth-order valence-electron chi connectivity index (χ4n) is 4.29. The number of benzene rings is 2. The predicted molar refractivity (Wildman–Crippen MR) is 122 cm³/mol. The number of nitrogens with zero attached hydrogens (tertiary/aromatic N) is 2. The van der Waals surface area contributed by atoms with Gasteiger partial charge in [-0.25, -0.2) is 12.7 Å². The van der Waals surface area contributed by atoms with Crippen molar-refractivity contribution in [2.24, 2.45) is 0 Å². The lowest BCUT2D eigenvalue weighted by atomic mass is 10.00. The number of hydrogen-bond donors (Lipinski definition) is 2. The Kier molecular flexibility index (Phi) is 6.08. The van der Waals surface area contributed by atoms with Gasteiger partial charge in [0.15, 0.2) is 0 Å². The number of hydrogen-bond acceptors (Lipinski definition) is 5. The minimum Gasteiger partial charge on any atom is -0.336 e. The molecule has 1 aliphatic carbocycles. The Hall–Kier alpha value is -2.73. The highest BCUT2D eigenvalue weighted by atomic mass is 32.2. The van der Waals surface area contributed by atoms with Crippen molar-refractivity contribution in [3.63, 3.8) is 0 Å². The number of nitriles is 1. The van der Waals surface area contributed by atoms with Crippen LogP contribution in [-0.2, 0) is 14.8 Å². The summed E-state index contributed by atoms with van der Waals surface area (Å²) in [6.45, 7) is 0.833. The number of amides is 1. The first kappa shape index (κ1) is 22.5. The second-order valence-corrected chi connectivity index (χ2v) is 10.9. The lowest BCUT2D eigenvalue weighted by Gasteiger charge is -2.24. The van der Waals surface area contributed by atoms with E-state index in [-0.39, 0.29) is 22.8 Å². The lowest BCUT2D eigenvalue weighted by molar-refractivity contribution is -0.124. The van der Waals surface area contributed by atoms with E-state index in [1.54, 1.807) is 18.2 Å². The van der Waals surface area contributed by atoms with E-state index in [2.05, 4.69) is 16.7 Å². The molecule has 2 aliphatic rings. The average Bonchev–Trinajstić information content (AvgIpc) is 3.54. The largest absolute Gasteiger partial charge is 0.336 e. The SMILES string of the molecule is CN(C)S(=O)(=O)c1cccc(-c2ccc([C@@H]3CC3(C#N)NC(=O)[C@@H]3CCCCN3)cc2)c1. The Labute approximate surface area is 189 Å². The van der Waals surface area contributed by atoms with Crippen LogP contribution in [-0.4, -0.2) is 50.9 Å². The molecule has 32 heavy (non-hydrogen) atoms. The van der Waals surface area contributed by atoms with Gasteiger partial charge in [0.2, 0.25) is 15.9 Å². The molecular formula is C24H28N4O3S. The van der Waals surface area contributed by atoms with Gasteiger partial charge in [0.25, 0.3) is 0 Å². The Balaban J connectivity index is 1.49. The van der Waals surface area contributed by atoms with Gasteiger partial charge >= 0.3 is 0 Å². The van der Waals surface area contributed by atoms with Gasteiger partial charge < -0.3 is 10.6 Å². The monoisotopic (exact) mass is 452 g/mol. The molecule has 168 valence electrons. The summed E-state index contributed by atoms with van der Waals surface area (Å²) in [4.78, 5) is 12.9. The second-order valence-electron chi connectivity index (χ2n) is 8.77. The highest BCUT2D eigenvalue weighted by Crippen LogP contribution is 2.51. The van der Waals surface area contributed by atoms with Gasteiger partial charge in [-0.3, -0.25) is 4.79 Å². The third-order valence-corrected chi connectivity index (χ3v) is 8.20. The summed E-state index contributed by atoms with van der Waals surface area (Å²) in [6, 6.07) is 16.7. The average molecular weight is 453 g/mol. The zero-order valence-electron chi connectivity index (χ0n) is 18.3. The Bertz CT molecular complexity index is 1150. The van der Waals surface area contributed by atoms with E-state index in [0.717, 1.165) is 42.5 Å². The van der Waals surface area contributed by atoms with Gasteiger partial charge in [0.05, 0.1) is 17.0 Å². The molecule has 4 rings (SSSR count). The van der Waals surface area contributed by atoms with Crippen molar-refractivity contribution in [1.29, 1.82) is 5.26 Å². The molecule has 1 amide bonds. The van der Waals surface area contributed by atoms with Crippen molar-refractivity contribution in [3.8, 4) is 17.2 Å². The second kappa shape index (κ2) is 8.66. The summed E-state index contributed by atoms with van der Waals surface area (Å²) in [6.07, 6.45) is 3.49. The summed E-state index contributed by atoms with van der Waals surface area (Å²) >= 11 is 0. The Morgan fingerprint density at radius 1 is 1.16 bits per heavy atom. The first-order chi connectivity index (χ1) is 15.3. The molecule has 2 fully saturated rings. The third-order valence-electron chi connectivity index (χ3n) is 6.39. The quantitative estimate of drug-likeness (QED) is 0.701. The van der Waals surface area contributed by atoms with Gasteiger partial charge in [-0.2, -0.15) is 5.26 Å². The molecule has 8 heteroatoms. The summed E-state index contributed by atoms with van der Waals surface area (Å²) in [7, 11) is -0.485. The maximum absolute atomic E-state index is 12.6. The van der Waals surface area contributed by atoms with E-state index in [9.17, 15) is 18.5 Å². The molecule has 2 aromatic carbocycles. The van der Waals surface area contributed by atoms with Crippen molar-refractivity contribution >= 4 is 15.9 Å². The number of carbonyl (C=O) groups excluding carboxylic acids is 1. The van der Waals surface area contributed by atoms with Crippen LogP contribution in [0.4, 0.5) is 0 Å². The molecule has 3 atom stereocenters. The number of nitrogens with one attached hydrogen (secondary N) is 2. The number of piperidine rings is 1. The number of rotatable bonds is 6. The standard InChI is InChI=1S/C24H28N4O3S/c1-28(2)32(30,31)20-7-5-6-19(14-20)17-9-11-18(12-10-17)21-15-24(21,16-25)27-23(29)22-8-3-4-13-26-22/h5-7,9-12,14,21-22,26H,3-4,8,13,15H2,1-2H3,(H,27,29)/t21-,22-,24?/m0/s1. The van der Waals surface area contributed by atoms with E-state index in [1.165, 1.54) is 18.4 Å². The molecule has 0 radical (unpaired) electrons. The molecule has 1 aliphatic heterocycles. The fraction of sp³-hybridized carbons (Fsp3) is 0.417. The zero-order chi connectivity index (χ0) is 22.9. The highest BCUT2D eigenvalue weighted by Gasteiger charge is 2.57. The number of sulfonamides is 1. The van der Waals surface area contributed by atoms with Gasteiger partial charge in [-0.05, 0) is 54.6 Å². The van der Waals surface area contributed by atoms with E-state index >= 15 is 0 Å². The van der Waals surface area contributed by atoms with Crippen LogP contribution in [0.25, 0.3) is 11.1 Å². The third kappa shape index (κ3) is 4.29. The number of carbonyl (C=O) groups is 1. The van der Waals surface area contributed by atoms with E-state index in [1.807, 2.05) is 30.3 Å². The minimum absolute atomic E-state index is 0.0467. The van der Waals surface area contributed by atoms with E-state index < -0.39 is 15.6 Å². The van der Waals surface area contributed by atoms with Gasteiger partial charge in [-0.15, -0.1) is 0 Å². The van der Waals surface area contributed by atoms with Crippen molar-refractivity contribution in [2.75, 3.05) is 20.6 Å². The molecular weight excluding hydrogens is 424 g/mol. The molecule has 7 nitrogen and oxygen atoms in total. The van der Waals surface area contributed by atoms with Crippen LogP contribution in [0.1, 0.15) is 37.2 Å². The molecule has 1 saturated heterocycles. The van der Waals surface area contributed by atoms with Crippen LogP contribution >= 0.6 is 0 Å². The summed E-state index contributed by atoms with van der Waals surface area (Å²) in [5.41, 5.74) is 1.84. The first-order valence-electron chi connectivity index (χ1n) is 10.9. The Morgan fingerprint density at radius 2 is 1.91 bits per heavy atom. The molecule has 0 aromatic heterocycles. The summed E-state index contributed by atoms with van der Waals surface area (Å²) < 4.78 is 26.1. The zero-order valence-corrected chi connectivity index (χ0v) is 19.2. The lowest BCUT2D eigenvalue weighted by Crippen LogP contribution is -2.50. The molecule has 1 saturated carbocycles. The van der Waals surface area contributed by atoms with Crippen LogP contribution in [0, 0.1) is 11.3 Å². The van der Waals surface area contributed by atoms with Crippen LogP contribution in [0.3, 0.4) is 0 Å². The van der Waals surface area contributed by atoms with Crippen LogP contribution in [0.5, 0.6) is 0 Å². The van der Waals surface area contributed by atoms with Gasteiger partial charge in [0.1, 0.15) is 5.54 Å². The molecule has 0 bridgehead atoms. The van der Waals surface area contributed by atoms with Crippen LogP contribution < -0.4 is 10.6 Å².